The number of amides is 3. The van der Waals surface area contributed by atoms with Crippen molar-refractivity contribution >= 4 is 28.5 Å². The molecule has 6 heteroatoms. The van der Waals surface area contributed by atoms with Gasteiger partial charge in [-0.3, -0.25) is 9.78 Å². The number of rotatable bonds is 2. The van der Waals surface area contributed by atoms with Gasteiger partial charge in [-0.15, -0.1) is 0 Å². The second-order valence-corrected chi connectivity index (χ2v) is 5.08. The molecule has 0 saturated carbocycles. The average Bonchev–Trinajstić information content (AvgIpc) is 2.80. The van der Waals surface area contributed by atoms with Gasteiger partial charge in [0.25, 0.3) is 0 Å². The molecule has 1 aromatic heterocycles. The molecule has 21 heavy (non-hydrogen) atoms. The summed E-state index contributed by atoms with van der Waals surface area (Å²) in [7, 11) is 1.73. The number of nitrogens with zero attached hydrogens (tertiary/aromatic N) is 2. The molecular formula is C15H16N4O2. The maximum Gasteiger partial charge on any atom is 0.319 e. The van der Waals surface area contributed by atoms with Crippen LogP contribution in [0.3, 0.4) is 0 Å². The van der Waals surface area contributed by atoms with Crippen LogP contribution in [0.4, 0.5) is 10.5 Å². The van der Waals surface area contributed by atoms with Crippen LogP contribution in [0.1, 0.15) is 6.42 Å². The summed E-state index contributed by atoms with van der Waals surface area (Å²) in [6.07, 6.45) is 2.32. The summed E-state index contributed by atoms with van der Waals surface area (Å²) >= 11 is 0. The fourth-order valence-electron chi connectivity index (χ4n) is 2.48. The van der Waals surface area contributed by atoms with E-state index in [0.29, 0.717) is 18.7 Å². The van der Waals surface area contributed by atoms with Gasteiger partial charge in [-0.1, -0.05) is 18.2 Å². The molecule has 1 aliphatic rings. The molecule has 2 N–H and O–H groups in total. The van der Waals surface area contributed by atoms with Gasteiger partial charge in [-0.2, -0.15) is 0 Å². The Balaban J connectivity index is 1.73. The second-order valence-electron chi connectivity index (χ2n) is 5.08. The maximum atomic E-state index is 12.0. The summed E-state index contributed by atoms with van der Waals surface area (Å²) in [6, 6.07) is 8.52. The van der Waals surface area contributed by atoms with E-state index in [1.807, 2.05) is 24.3 Å². The van der Waals surface area contributed by atoms with E-state index in [2.05, 4.69) is 15.6 Å². The monoisotopic (exact) mass is 284 g/mol. The molecule has 1 atom stereocenters. The molecule has 1 aromatic carbocycles. The molecule has 1 fully saturated rings. The Labute approximate surface area is 122 Å². The zero-order valence-electron chi connectivity index (χ0n) is 11.7. The number of urea groups is 1. The van der Waals surface area contributed by atoms with Crippen LogP contribution < -0.4 is 10.6 Å². The van der Waals surface area contributed by atoms with Gasteiger partial charge in [0.05, 0.1) is 11.2 Å². The zero-order valence-corrected chi connectivity index (χ0v) is 11.7. The normalized spacial score (nSPS) is 18.0. The molecule has 0 spiro atoms. The van der Waals surface area contributed by atoms with Crippen LogP contribution in [-0.4, -0.2) is 41.5 Å². The van der Waals surface area contributed by atoms with Gasteiger partial charge in [0.1, 0.15) is 6.04 Å². The topological polar surface area (TPSA) is 74.3 Å². The number of aromatic nitrogens is 1. The van der Waals surface area contributed by atoms with Gasteiger partial charge in [-0.25, -0.2) is 4.79 Å². The molecular weight excluding hydrogens is 268 g/mol. The molecule has 1 aliphatic heterocycles. The lowest BCUT2D eigenvalue weighted by molar-refractivity contribution is -0.128. The third-order valence-electron chi connectivity index (χ3n) is 3.61. The summed E-state index contributed by atoms with van der Waals surface area (Å²) in [4.78, 5) is 29.7. The third kappa shape index (κ3) is 2.65. The van der Waals surface area contributed by atoms with Crippen molar-refractivity contribution in [3.05, 3.63) is 36.5 Å². The van der Waals surface area contributed by atoms with Crippen molar-refractivity contribution in [2.45, 2.75) is 12.5 Å². The molecule has 108 valence electrons. The second kappa shape index (κ2) is 5.40. The van der Waals surface area contributed by atoms with E-state index < -0.39 is 6.04 Å². The van der Waals surface area contributed by atoms with E-state index in [4.69, 9.17) is 0 Å². The van der Waals surface area contributed by atoms with Crippen LogP contribution in [0.15, 0.2) is 36.5 Å². The van der Waals surface area contributed by atoms with Gasteiger partial charge < -0.3 is 15.5 Å². The van der Waals surface area contributed by atoms with Crippen molar-refractivity contribution in [2.75, 3.05) is 18.9 Å². The Hall–Kier alpha value is -2.63. The highest BCUT2D eigenvalue weighted by atomic mass is 16.2. The Morgan fingerprint density at radius 1 is 1.33 bits per heavy atom. The largest absolute Gasteiger partial charge is 0.344 e. The third-order valence-corrected chi connectivity index (χ3v) is 3.61. The van der Waals surface area contributed by atoms with Gasteiger partial charge in [-0.05, 0) is 18.6 Å². The van der Waals surface area contributed by atoms with E-state index in [9.17, 15) is 9.59 Å². The van der Waals surface area contributed by atoms with Crippen molar-refractivity contribution in [3.8, 4) is 0 Å². The number of likely N-dealkylation sites (tertiary alicyclic amines) is 1. The van der Waals surface area contributed by atoms with Crippen molar-refractivity contribution in [1.82, 2.24) is 15.2 Å². The number of carbonyl (C=O) groups excluding carboxylic acids is 2. The number of fused-ring (bicyclic) bond motifs is 1. The fourth-order valence-corrected chi connectivity index (χ4v) is 2.48. The molecule has 3 amide bonds. The smallest absolute Gasteiger partial charge is 0.319 e. The summed E-state index contributed by atoms with van der Waals surface area (Å²) < 4.78 is 0. The van der Waals surface area contributed by atoms with Gasteiger partial charge in [0.15, 0.2) is 0 Å². The molecule has 2 heterocycles. The number of hydrogen-bond acceptors (Lipinski definition) is 3. The van der Waals surface area contributed by atoms with Gasteiger partial charge >= 0.3 is 6.03 Å². The minimum atomic E-state index is -0.446. The van der Waals surface area contributed by atoms with E-state index >= 15 is 0 Å². The lowest BCUT2D eigenvalue weighted by atomic mass is 10.2. The average molecular weight is 284 g/mol. The van der Waals surface area contributed by atoms with Crippen molar-refractivity contribution in [1.29, 1.82) is 0 Å². The quantitative estimate of drug-likeness (QED) is 0.879. The number of hydrogen-bond donors (Lipinski definition) is 2. The molecule has 0 aliphatic carbocycles. The summed E-state index contributed by atoms with van der Waals surface area (Å²) in [5.74, 6) is -0.0544. The molecule has 0 bridgehead atoms. The van der Waals surface area contributed by atoms with Crippen LogP contribution in [0.25, 0.3) is 10.9 Å². The van der Waals surface area contributed by atoms with Crippen LogP contribution in [-0.2, 0) is 4.79 Å². The minimum absolute atomic E-state index is 0.0544. The van der Waals surface area contributed by atoms with Gasteiger partial charge in [0.2, 0.25) is 5.91 Å². The number of nitrogens with one attached hydrogen (secondary N) is 2. The lowest BCUT2D eigenvalue weighted by Crippen LogP contribution is -2.42. The van der Waals surface area contributed by atoms with Crippen molar-refractivity contribution in [3.63, 3.8) is 0 Å². The Morgan fingerprint density at radius 3 is 2.90 bits per heavy atom. The van der Waals surface area contributed by atoms with Crippen molar-refractivity contribution < 1.29 is 9.59 Å². The fraction of sp³-hybridized carbons (Fsp3) is 0.267. The molecule has 0 radical (unpaired) electrons. The summed E-state index contributed by atoms with van der Waals surface area (Å²) in [5, 5.41) is 6.42. The van der Waals surface area contributed by atoms with Crippen molar-refractivity contribution in [2.24, 2.45) is 0 Å². The van der Waals surface area contributed by atoms with E-state index in [0.717, 1.165) is 10.9 Å². The summed E-state index contributed by atoms with van der Waals surface area (Å²) in [5.41, 5.74) is 1.36. The highest BCUT2D eigenvalue weighted by Crippen LogP contribution is 2.20. The Kier molecular flexibility index (Phi) is 3.43. The standard InChI is InChI=1S/C15H16N4O2/c1-19-9-7-12(14(19)20)18-15(21)17-11-6-2-4-10-5-3-8-16-13(10)11/h2-6,8,12H,7,9H2,1H3,(H2,17,18,21). The van der Waals surface area contributed by atoms with E-state index in [1.54, 1.807) is 24.2 Å². The highest BCUT2D eigenvalue weighted by Gasteiger charge is 2.30. The molecule has 3 rings (SSSR count). The van der Waals surface area contributed by atoms with E-state index in [-0.39, 0.29) is 11.9 Å². The first-order valence-corrected chi connectivity index (χ1v) is 6.81. The van der Waals surface area contributed by atoms with Crippen LogP contribution in [0.2, 0.25) is 0 Å². The number of pyridine rings is 1. The molecule has 6 nitrogen and oxygen atoms in total. The number of anilines is 1. The molecule has 1 unspecified atom stereocenters. The van der Waals surface area contributed by atoms with Crippen LogP contribution in [0, 0.1) is 0 Å². The first-order chi connectivity index (χ1) is 10.1. The molecule has 2 aromatic rings. The zero-order chi connectivity index (χ0) is 14.8. The number of para-hydroxylation sites is 1. The maximum absolute atomic E-state index is 12.0. The first-order valence-electron chi connectivity index (χ1n) is 6.81. The lowest BCUT2D eigenvalue weighted by Gasteiger charge is -2.13. The minimum Gasteiger partial charge on any atom is -0.344 e. The SMILES string of the molecule is CN1CCC(NC(=O)Nc2cccc3cccnc23)C1=O. The van der Waals surface area contributed by atoms with Crippen LogP contribution >= 0.6 is 0 Å². The van der Waals surface area contributed by atoms with E-state index in [1.165, 1.54) is 0 Å². The Morgan fingerprint density at radius 2 is 2.14 bits per heavy atom. The first kappa shape index (κ1) is 13.4. The Bertz CT molecular complexity index is 696. The number of carbonyl (C=O) groups is 2. The number of likely N-dealkylation sites (N-methyl/N-ethyl adjacent to an activating group) is 1. The highest BCUT2D eigenvalue weighted by molar-refractivity contribution is 6.01. The predicted octanol–water partition coefficient (Wildman–Crippen LogP) is 1.59. The van der Waals surface area contributed by atoms with Crippen LogP contribution in [0.5, 0.6) is 0 Å². The predicted molar refractivity (Wildman–Crippen MR) is 79.9 cm³/mol. The summed E-state index contributed by atoms with van der Waals surface area (Å²) in [6.45, 7) is 0.666. The van der Waals surface area contributed by atoms with Gasteiger partial charge in [0, 0.05) is 25.2 Å². The molecule has 1 saturated heterocycles. The number of benzene rings is 1.